The number of piperazine rings is 1. The number of rotatable bonds is 1. The van der Waals surface area contributed by atoms with E-state index in [9.17, 15) is 4.79 Å². The van der Waals surface area contributed by atoms with E-state index in [1.807, 2.05) is 11.0 Å². The summed E-state index contributed by atoms with van der Waals surface area (Å²) in [6.07, 6.45) is 0. The number of carbonyl (C=O) groups is 1. The first kappa shape index (κ1) is 11.7. The third kappa shape index (κ3) is 1.93. The predicted molar refractivity (Wildman–Crippen MR) is 71.7 cm³/mol. The highest BCUT2D eigenvalue weighted by Crippen LogP contribution is 2.27. The molecule has 19 heavy (non-hydrogen) atoms. The number of nitriles is 1. The van der Waals surface area contributed by atoms with Gasteiger partial charge in [-0.15, -0.1) is 0 Å². The van der Waals surface area contributed by atoms with Crippen LogP contribution in [-0.4, -0.2) is 43.2 Å². The summed E-state index contributed by atoms with van der Waals surface area (Å²) in [6.45, 7) is 2.93. The molecule has 2 saturated heterocycles. The molecule has 3 rings (SSSR count). The van der Waals surface area contributed by atoms with Crippen LogP contribution in [0.5, 0.6) is 0 Å². The molecule has 2 aliphatic rings. The van der Waals surface area contributed by atoms with Crippen LogP contribution >= 0.6 is 0 Å². The lowest BCUT2D eigenvalue weighted by atomic mass is 10.1. The van der Waals surface area contributed by atoms with Gasteiger partial charge in [0.1, 0.15) is 0 Å². The van der Waals surface area contributed by atoms with Gasteiger partial charge in [-0.3, -0.25) is 0 Å². The van der Waals surface area contributed by atoms with Gasteiger partial charge in [0.15, 0.2) is 0 Å². The summed E-state index contributed by atoms with van der Waals surface area (Å²) in [6, 6.07) is 7.66. The Bertz CT molecular complexity index is 565. The number of nitrogens with one attached hydrogen (secondary N) is 1. The molecule has 2 aliphatic heterocycles. The Morgan fingerprint density at radius 1 is 1.42 bits per heavy atom. The van der Waals surface area contributed by atoms with E-state index >= 15 is 0 Å². The van der Waals surface area contributed by atoms with Gasteiger partial charge in [-0.05, 0) is 18.2 Å². The van der Waals surface area contributed by atoms with Crippen molar-refractivity contribution in [3.63, 3.8) is 0 Å². The average molecular weight is 257 g/mol. The number of hydrogen-bond donors (Lipinski definition) is 2. The van der Waals surface area contributed by atoms with E-state index in [0.717, 1.165) is 18.8 Å². The van der Waals surface area contributed by atoms with E-state index in [1.54, 1.807) is 12.1 Å². The third-order valence-electron chi connectivity index (χ3n) is 3.73. The largest absolute Gasteiger partial charge is 0.397 e. The van der Waals surface area contributed by atoms with Gasteiger partial charge in [-0.1, -0.05) is 0 Å². The molecule has 1 aromatic carbocycles. The maximum Gasteiger partial charge on any atom is 0.317 e. The summed E-state index contributed by atoms with van der Waals surface area (Å²) in [5, 5.41) is 11.7. The van der Waals surface area contributed by atoms with Crippen molar-refractivity contribution in [1.29, 1.82) is 5.26 Å². The summed E-state index contributed by atoms with van der Waals surface area (Å²) >= 11 is 0. The van der Waals surface area contributed by atoms with Crippen LogP contribution in [0, 0.1) is 11.3 Å². The number of anilines is 2. The summed E-state index contributed by atoms with van der Waals surface area (Å²) in [5.41, 5.74) is 8.13. The molecule has 6 nitrogen and oxygen atoms in total. The van der Waals surface area contributed by atoms with E-state index in [4.69, 9.17) is 11.0 Å². The third-order valence-corrected chi connectivity index (χ3v) is 3.73. The summed E-state index contributed by atoms with van der Waals surface area (Å²) in [4.78, 5) is 15.6. The molecule has 0 aromatic heterocycles. The van der Waals surface area contributed by atoms with Crippen LogP contribution in [0.3, 0.4) is 0 Å². The molecule has 1 unspecified atom stereocenters. The highest BCUT2D eigenvalue weighted by atomic mass is 16.2. The van der Waals surface area contributed by atoms with Crippen LogP contribution < -0.4 is 16.0 Å². The van der Waals surface area contributed by atoms with Crippen molar-refractivity contribution in [2.75, 3.05) is 36.8 Å². The molecule has 98 valence electrons. The van der Waals surface area contributed by atoms with Crippen molar-refractivity contribution in [3.05, 3.63) is 23.8 Å². The molecule has 1 atom stereocenters. The normalized spacial score (nSPS) is 21.8. The molecular formula is C13H15N5O. The lowest BCUT2D eigenvalue weighted by molar-refractivity contribution is 0.198. The Morgan fingerprint density at radius 3 is 3.00 bits per heavy atom. The Balaban J connectivity index is 1.81. The zero-order valence-electron chi connectivity index (χ0n) is 10.5. The number of fused-ring (bicyclic) bond motifs is 1. The van der Waals surface area contributed by atoms with E-state index in [-0.39, 0.29) is 12.1 Å². The van der Waals surface area contributed by atoms with Gasteiger partial charge in [0.2, 0.25) is 0 Å². The van der Waals surface area contributed by atoms with Crippen molar-refractivity contribution < 1.29 is 4.79 Å². The van der Waals surface area contributed by atoms with Crippen LogP contribution in [0.4, 0.5) is 16.2 Å². The number of amides is 2. The monoisotopic (exact) mass is 257 g/mol. The summed E-state index contributed by atoms with van der Waals surface area (Å²) in [5.74, 6) is 0. The number of benzene rings is 1. The van der Waals surface area contributed by atoms with Gasteiger partial charge < -0.3 is 20.9 Å². The number of urea groups is 1. The highest BCUT2D eigenvalue weighted by Gasteiger charge is 2.35. The fraction of sp³-hybridized carbons (Fsp3) is 0.385. The molecule has 2 fully saturated rings. The topological polar surface area (TPSA) is 85.4 Å². The second-order valence-electron chi connectivity index (χ2n) is 4.86. The van der Waals surface area contributed by atoms with Crippen molar-refractivity contribution in [3.8, 4) is 6.07 Å². The molecule has 2 amide bonds. The molecule has 0 radical (unpaired) electrons. The standard InChI is InChI=1S/C13H15N5O/c14-6-9-1-2-12(11(15)5-9)17-3-4-18-10(8-17)7-16-13(18)19/h1-2,5,10H,3-4,7-8,15H2,(H,16,19). The summed E-state index contributed by atoms with van der Waals surface area (Å²) < 4.78 is 0. The predicted octanol–water partition coefficient (Wildman–Crippen LogP) is 0.354. The SMILES string of the molecule is N#Cc1ccc(N2CCN3C(=O)NCC3C2)c(N)c1. The molecule has 3 N–H and O–H groups in total. The number of nitrogens with two attached hydrogens (primary N) is 1. The van der Waals surface area contributed by atoms with Gasteiger partial charge in [0.05, 0.1) is 29.0 Å². The van der Waals surface area contributed by atoms with Crippen molar-refractivity contribution in [2.45, 2.75) is 6.04 Å². The minimum absolute atomic E-state index is 0.0254. The maximum absolute atomic E-state index is 11.5. The minimum Gasteiger partial charge on any atom is -0.397 e. The second kappa shape index (κ2) is 4.35. The average Bonchev–Trinajstić information content (AvgIpc) is 2.79. The van der Waals surface area contributed by atoms with E-state index in [1.165, 1.54) is 0 Å². The van der Waals surface area contributed by atoms with Gasteiger partial charge >= 0.3 is 6.03 Å². The first-order valence-corrected chi connectivity index (χ1v) is 6.28. The van der Waals surface area contributed by atoms with Crippen LogP contribution in [0.15, 0.2) is 18.2 Å². The summed E-state index contributed by atoms with van der Waals surface area (Å²) in [7, 11) is 0. The molecule has 1 aromatic rings. The maximum atomic E-state index is 11.5. The van der Waals surface area contributed by atoms with Crippen molar-refractivity contribution >= 4 is 17.4 Å². The second-order valence-corrected chi connectivity index (χ2v) is 4.86. The highest BCUT2D eigenvalue weighted by molar-refractivity contribution is 5.78. The molecule has 6 heteroatoms. The Hall–Kier alpha value is -2.42. The minimum atomic E-state index is 0.0254. The van der Waals surface area contributed by atoms with Crippen LogP contribution in [0.2, 0.25) is 0 Å². The quantitative estimate of drug-likeness (QED) is 0.711. The van der Waals surface area contributed by atoms with Gasteiger partial charge in [-0.2, -0.15) is 5.26 Å². The number of nitrogens with zero attached hydrogens (tertiary/aromatic N) is 3. The first-order chi connectivity index (χ1) is 9.19. The molecule has 0 saturated carbocycles. The van der Waals surface area contributed by atoms with Crippen molar-refractivity contribution in [1.82, 2.24) is 10.2 Å². The number of hydrogen-bond acceptors (Lipinski definition) is 4. The van der Waals surface area contributed by atoms with Gasteiger partial charge in [0, 0.05) is 26.2 Å². The van der Waals surface area contributed by atoms with Gasteiger partial charge in [-0.25, -0.2) is 4.79 Å². The Morgan fingerprint density at radius 2 is 2.26 bits per heavy atom. The fourth-order valence-corrected chi connectivity index (χ4v) is 2.73. The van der Waals surface area contributed by atoms with E-state index < -0.39 is 0 Å². The van der Waals surface area contributed by atoms with E-state index in [2.05, 4.69) is 16.3 Å². The van der Waals surface area contributed by atoms with Crippen molar-refractivity contribution in [2.24, 2.45) is 0 Å². The molecule has 0 bridgehead atoms. The lowest BCUT2D eigenvalue weighted by Crippen LogP contribution is -2.52. The Labute approximate surface area is 111 Å². The molecular weight excluding hydrogens is 242 g/mol. The first-order valence-electron chi connectivity index (χ1n) is 6.28. The van der Waals surface area contributed by atoms with Gasteiger partial charge in [0.25, 0.3) is 0 Å². The number of nitrogen functional groups attached to an aromatic ring is 1. The zero-order valence-corrected chi connectivity index (χ0v) is 10.5. The van der Waals surface area contributed by atoms with E-state index in [0.29, 0.717) is 24.3 Å². The molecule has 2 heterocycles. The van der Waals surface area contributed by atoms with Crippen LogP contribution in [0.25, 0.3) is 0 Å². The van der Waals surface area contributed by atoms with Crippen LogP contribution in [0.1, 0.15) is 5.56 Å². The number of carbonyl (C=O) groups excluding carboxylic acids is 1. The molecule has 0 spiro atoms. The Kier molecular flexibility index (Phi) is 2.67. The lowest BCUT2D eigenvalue weighted by Gasteiger charge is -2.38. The molecule has 0 aliphatic carbocycles. The van der Waals surface area contributed by atoms with Crippen LogP contribution in [-0.2, 0) is 0 Å². The fourth-order valence-electron chi connectivity index (χ4n) is 2.73. The zero-order chi connectivity index (χ0) is 13.4. The smallest absolute Gasteiger partial charge is 0.317 e.